The highest BCUT2D eigenvalue weighted by Crippen LogP contribution is 2.34. The first-order valence-corrected chi connectivity index (χ1v) is 10.6. The average molecular weight is 411 g/mol. The number of hydrogen-bond donors (Lipinski definition) is 1. The number of nitrogens with zero attached hydrogens (tertiary/aromatic N) is 3. The van der Waals surface area contributed by atoms with Crippen molar-refractivity contribution in [2.45, 2.75) is 18.3 Å². The fourth-order valence-electron chi connectivity index (χ4n) is 4.38. The van der Waals surface area contributed by atoms with Gasteiger partial charge in [0.2, 0.25) is 0 Å². The Bertz CT molecular complexity index is 837. The lowest BCUT2D eigenvalue weighted by Gasteiger charge is -2.40. The van der Waals surface area contributed by atoms with Crippen molar-refractivity contribution in [2.75, 3.05) is 53.0 Å². The monoisotopic (exact) mass is 410 g/mol. The van der Waals surface area contributed by atoms with Crippen molar-refractivity contribution < 1.29 is 13.9 Å². The van der Waals surface area contributed by atoms with Crippen LogP contribution in [0.25, 0.3) is 0 Å². The molecule has 0 aliphatic carbocycles. The number of benzene rings is 1. The van der Waals surface area contributed by atoms with E-state index >= 15 is 0 Å². The molecule has 0 radical (unpaired) electrons. The molecule has 0 spiro atoms. The van der Waals surface area contributed by atoms with Gasteiger partial charge in [0.15, 0.2) is 11.7 Å². The summed E-state index contributed by atoms with van der Waals surface area (Å²) in [6.45, 7) is 5.17. The minimum absolute atomic E-state index is 0.0481. The first kappa shape index (κ1) is 20.5. The van der Waals surface area contributed by atoms with E-state index in [1.54, 1.807) is 12.1 Å². The van der Waals surface area contributed by atoms with Crippen molar-refractivity contribution in [3.8, 4) is 0 Å². The second-order valence-electron chi connectivity index (χ2n) is 7.92. The minimum Gasteiger partial charge on any atom is -0.459 e. The zero-order chi connectivity index (χ0) is 20.8. The molecule has 2 aromatic rings. The number of hydrogen-bond acceptors (Lipinski definition) is 4. The van der Waals surface area contributed by atoms with E-state index in [1.807, 2.05) is 11.9 Å². The van der Waals surface area contributed by atoms with Gasteiger partial charge < -0.3 is 24.3 Å². The maximum Gasteiger partial charge on any atom is 0.289 e. The van der Waals surface area contributed by atoms with Gasteiger partial charge >= 0.3 is 0 Å². The predicted octanol–water partition coefficient (Wildman–Crippen LogP) is 2.36. The van der Waals surface area contributed by atoms with Crippen LogP contribution in [-0.2, 0) is 10.2 Å². The Morgan fingerprint density at radius 1 is 1.03 bits per heavy atom. The molecule has 0 unspecified atom stereocenters. The van der Waals surface area contributed by atoms with Crippen LogP contribution in [0.4, 0.5) is 0 Å². The number of furan rings is 1. The summed E-state index contributed by atoms with van der Waals surface area (Å²) < 4.78 is 10.9. The molecular weight excluding hydrogens is 380 g/mol. The van der Waals surface area contributed by atoms with Crippen LogP contribution >= 0.6 is 0 Å². The first-order valence-electron chi connectivity index (χ1n) is 10.6. The smallest absolute Gasteiger partial charge is 0.289 e. The third kappa shape index (κ3) is 4.36. The summed E-state index contributed by atoms with van der Waals surface area (Å²) >= 11 is 0. The summed E-state index contributed by atoms with van der Waals surface area (Å²) in [5, 5.41) is 3.62. The molecule has 1 N–H and O–H groups in total. The fraction of sp³-hybridized carbons (Fsp3) is 0.478. The van der Waals surface area contributed by atoms with Crippen LogP contribution in [0.2, 0.25) is 0 Å². The molecule has 2 aliphatic heterocycles. The van der Waals surface area contributed by atoms with E-state index in [1.165, 1.54) is 11.8 Å². The molecule has 2 fully saturated rings. The Labute approximate surface area is 177 Å². The number of amides is 1. The van der Waals surface area contributed by atoms with Crippen LogP contribution < -0.4 is 5.32 Å². The summed E-state index contributed by atoms with van der Waals surface area (Å²) in [5.41, 5.74) is 1.40. The van der Waals surface area contributed by atoms with Gasteiger partial charge in [-0.05, 0) is 30.5 Å². The minimum atomic E-state index is -0.0483. The van der Waals surface area contributed by atoms with Crippen molar-refractivity contribution in [3.05, 3.63) is 60.1 Å². The second-order valence-corrected chi connectivity index (χ2v) is 7.92. The molecule has 2 aliphatic rings. The van der Waals surface area contributed by atoms with Gasteiger partial charge in [-0.2, -0.15) is 0 Å². The van der Waals surface area contributed by atoms with E-state index in [2.05, 4.69) is 45.5 Å². The fourth-order valence-corrected chi connectivity index (χ4v) is 4.38. The SMILES string of the molecule is CN=C(NCC1(c2ccccc2)CCOCC1)N1CCN(C(=O)c2ccco2)CC1. The van der Waals surface area contributed by atoms with Crippen LogP contribution in [-0.4, -0.2) is 74.7 Å². The van der Waals surface area contributed by atoms with Crippen LogP contribution in [0.1, 0.15) is 29.0 Å². The Balaban J connectivity index is 1.37. The highest BCUT2D eigenvalue weighted by molar-refractivity contribution is 5.91. The number of carbonyl (C=O) groups is 1. The third-order valence-electron chi connectivity index (χ3n) is 6.23. The maximum absolute atomic E-state index is 12.5. The van der Waals surface area contributed by atoms with Gasteiger partial charge in [-0.1, -0.05) is 30.3 Å². The van der Waals surface area contributed by atoms with E-state index in [-0.39, 0.29) is 11.3 Å². The molecule has 7 nitrogen and oxygen atoms in total. The van der Waals surface area contributed by atoms with Crippen molar-refractivity contribution in [2.24, 2.45) is 4.99 Å². The molecule has 3 heterocycles. The van der Waals surface area contributed by atoms with Crippen molar-refractivity contribution in [3.63, 3.8) is 0 Å². The average Bonchev–Trinajstić information content (AvgIpc) is 3.36. The molecule has 7 heteroatoms. The number of nitrogens with one attached hydrogen (secondary N) is 1. The number of ether oxygens (including phenoxy) is 1. The molecule has 1 aromatic heterocycles. The van der Waals surface area contributed by atoms with Gasteiger partial charge in [0.1, 0.15) is 0 Å². The quantitative estimate of drug-likeness (QED) is 0.619. The van der Waals surface area contributed by atoms with Gasteiger partial charge in [0.25, 0.3) is 5.91 Å². The molecular formula is C23H30N4O3. The van der Waals surface area contributed by atoms with Crippen molar-refractivity contribution >= 4 is 11.9 Å². The molecule has 1 aromatic carbocycles. The predicted molar refractivity (Wildman–Crippen MR) is 116 cm³/mol. The van der Waals surface area contributed by atoms with Gasteiger partial charge in [0.05, 0.1) is 6.26 Å². The van der Waals surface area contributed by atoms with Gasteiger partial charge in [-0.25, -0.2) is 0 Å². The largest absolute Gasteiger partial charge is 0.459 e. The lowest BCUT2D eigenvalue weighted by atomic mass is 9.74. The lowest BCUT2D eigenvalue weighted by molar-refractivity contribution is 0.0509. The van der Waals surface area contributed by atoms with Gasteiger partial charge in [0, 0.05) is 58.4 Å². The third-order valence-corrected chi connectivity index (χ3v) is 6.23. The van der Waals surface area contributed by atoms with Crippen LogP contribution in [0, 0.1) is 0 Å². The molecule has 160 valence electrons. The highest BCUT2D eigenvalue weighted by atomic mass is 16.5. The van der Waals surface area contributed by atoms with Crippen LogP contribution in [0.15, 0.2) is 58.1 Å². The normalized spacial score (nSPS) is 19.6. The lowest BCUT2D eigenvalue weighted by Crippen LogP contribution is -2.55. The van der Waals surface area contributed by atoms with Crippen molar-refractivity contribution in [1.29, 1.82) is 0 Å². The summed E-state index contributed by atoms with van der Waals surface area (Å²) in [4.78, 5) is 21.1. The molecule has 30 heavy (non-hydrogen) atoms. The Morgan fingerprint density at radius 3 is 2.37 bits per heavy atom. The number of rotatable bonds is 4. The first-order chi connectivity index (χ1) is 14.7. The topological polar surface area (TPSA) is 70.3 Å². The van der Waals surface area contributed by atoms with E-state index < -0.39 is 0 Å². The van der Waals surface area contributed by atoms with Crippen LogP contribution in [0.5, 0.6) is 0 Å². The number of piperazine rings is 1. The molecule has 1 amide bonds. The molecule has 4 rings (SSSR count). The summed E-state index contributed by atoms with van der Waals surface area (Å²) in [6, 6.07) is 14.2. The number of aliphatic imine (C=N–C) groups is 1. The summed E-state index contributed by atoms with van der Waals surface area (Å²) in [7, 11) is 1.82. The number of guanidine groups is 1. The molecule has 0 atom stereocenters. The molecule has 2 saturated heterocycles. The maximum atomic E-state index is 12.5. The van der Waals surface area contributed by atoms with E-state index in [9.17, 15) is 4.79 Å². The zero-order valence-corrected chi connectivity index (χ0v) is 17.5. The van der Waals surface area contributed by atoms with Crippen molar-refractivity contribution in [1.82, 2.24) is 15.1 Å². The van der Waals surface area contributed by atoms with Gasteiger partial charge in [-0.15, -0.1) is 0 Å². The Hall–Kier alpha value is -2.80. The molecule has 0 bridgehead atoms. The molecule has 0 saturated carbocycles. The van der Waals surface area contributed by atoms with Gasteiger partial charge in [-0.3, -0.25) is 9.79 Å². The Kier molecular flexibility index (Phi) is 6.38. The standard InChI is InChI=1S/C23H30N4O3/c1-24-22(27-13-11-26(12-14-27)21(28)20-8-5-15-30-20)25-18-23(9-16-29-17-10-23)19-6-3-2-4-7-19/h2-8,15H,9-14,16-18H2,1H3,(H,24,25). The highest BCUT2D eigenvalue weighted by Gasteiger charge is 2.35. The summed E-state index contributed by atoms with van der Waals surface area (Å²) in [5.74, 6) is 1.24. The van der Waals surface area contributed by atoms with E-state index in [0.29, 0.717) is 18.8 Å². The Morgan fingerprint density at radius 2 is 1.73 bits per heavy atom. The van der Waals surface area contributed by atoms with E-state index in [0.717, 1.165) is 51.6 Å². The van der Waals surface area contributed by atoms with Crippen LogP contribution in [0.3, 0.4) is 0 Å². The zero-order valence-electron chi connectivity index (χ0n) is 17.5. The second kappa shape index (κ2) is 9.34. The summed E-state index contributed by atoms with van der Waals surface area (Å²) in [6.07, 6.45) is 3.52. The van der Waals surface area contributed by atoms with E-state index in [4.69, 9.17) is 9.15 Å². The number of carbonyl (C=O) groups excluding carboxylic acids is 1.